The molecule has 2 aliphatic rings. The van der Waals surface area contributed by atoms with Crippen molar-refractivity contribution < 1.29 is 8.42 Å². The topological polar surface area (TPSA) is 88.3 Å². The molecule has 0 aliphatic heterocycles. The summed E-state index contributed by atoms with van der Waals surface area (Å²) in [4.78, 5) is 8.83. The lowest BCUT2D eigenvalue weighted by molar-refractivity contribution is 0.199. The minimum atomic E-state index is -3.56. The maximum Gasteiger partial charge on any atom is 0.241 e. The van der Waals surface area contributed by atoms with Gasteiger partial charge in [0.05, 0.1) is 10.6 Å². The van der Waals surface area contributed by atoms with Crippen molar-refractivity contribution in [1.29, 1.82) is 0 Å². The van der Waals surface area contributed by atoms with Crippen LogP contribution in [0.3, 0.4) is 0 Å². The van der Waals surface area contributed by atoms with Gasteiger partial charge in [0.15, 0.2) is 5.13 Å². The lowest BCUT2D eigenvalue weighted by atomic mass is 9.91. The Bertz CT molecular complexity index is 1330. The number of hydrogen-bond acceptors (Lipinski definition) is 6. The van der Waals surface area contributed by atoms with Crippen LogP contribution in [-0.4, -0.2) is 43.5 Å². The number of aromatic nitrogens is 1. The Balaban J connectivity index is 1.18. The number of sulfonamides is 1. The molecule has 2 aromatic carbocycles. The van der Waals surface area contributed by atoms with Gasteiger partial charge in [-0.2, -0.15) is 0 Å². The maximum atomic E-state index is 13.2. The number of hydrogen-bond donors (Lipinski definition) is 2. The summed E-state index contributed by atoms with van der Waals surface area (Å²) in [5, 5.41) is 2.41. The third kappa shape index (κ3) is 5.67. The van der Waals surface area contributed by atoms with E-state index in [0.29, 0.717) is 16.1 Å². The van der Waals surface area contributed by atoms with Crippen LogP contribution < -0.4 is 10.5 Å². The maximum absolute atomic E-state index is 13.2. The zero-order chi connectivity index (χ0) is 25.1. The van der Waals surface area contributed by atoms with Gasteiger partial charge in [-0.1, -0.05) is 55.0 Å². The lowest BCUT2D eigenvalue weighted by Gasteiger charge is -2.33. The number of thiazole rings is 1. The van der Waals surface area contributed by atoms with Crippen LogP contribution in [0, 0.1) is 0 Å². The molecular formula is C28H36N4O2S2. The number of nitrogens with zero attached hydrogens (tertiary/aromatic N) is 2. The van der Waals surface area contributed by atoms with Crippen LogP contribution in [0.15, 0.2) is 59.0 Å². The predicted molar refractivity (Wildman–Crippen MR) is 149 cm³/mol. The highest BCUT2D eigenvalue weighted by Crippen LogP contribution is 2.31. The molecule has 1 heterocycles. The number of nitrogens with one attached hydrogen (secondary N) is 1. The molecule has 2 aliphatic carbocycles. The van der Waals surface area contributed by atoms with Gasteiger partial charge in [-0.15, -0.1) is 11.3 Å². The Morgan fingerprint density at radius 1 is 1.11 bits per heavy atom. The first-order valence-corrected chi connectivity index (χ1v) is 15.4. The molecule has 0 bridgehead atoms. The van der Waals surface area contributed by atoms with E-state index in [0.717, 1.165) is 75.2 Å². The highest BCUT2D eigenvalue weighted by Gasteiger charge is 2.27. The highest BCUT2D eigenvalue weighted by molar-refractivity contribution is 7.89. The summed E-state index contributed by atoms with van der Waals surface area (Å²) < 4.78 is 29.4. The molecule has 0 radical (unpaired) electrons. The first kappa shape index (κ1) is 25.4. The fraction of sp³-hybridized carbons (Fsp3) is 0.464. The van der Waals surface area contributed by atoms with Crippen molar-refractivity contribution in [2.45, 2.75) is 75.3 Å². The van der Waals surface area contributed by atoms with Crippen LogP contribution in [-0.2, 0) is 22.9 Å². The summed E-state index contributed by atoms with van der Waals surface area (Å²) in [7, 11) is -3.56. The summed E-state index contributed by atoms with van der Waals surface area (Å²) in [5.41, 5.74) is 8.60. The van der Waals surface area contributed by atoms with Crippen molar-refractivity contribution in [3.63, 3.8) is 0 Å². The van der Waals surface area contributed by atoms with E-state index in [1.165, 1.54) is 16.1 Å². The molecule has 0 spiro atoms. The van der Waals surface area contributed by atoms with Gasteiger partial charge in [-0.25, -0.2) is 18.1 Å². The monoisotopic (exact) mass is 524 g/mol. The molecule has 192 valence electrons. The van der Waals surface area contributed by atoms with Gasteiger partial charge in [-0.05, 0) is 69.4 Å². The number of aryl methyl sites for hydroxylation is 1. The van der Waals surface area contributed by atoms with Crippen LogP contribution >= 0.6 is 11.3 Å². The molecule has 3 N–H and O–H groups in total. The third-order valence-electron chi connectivity index (χ3n) is 7.56. The highest BCUT2D eigenvalue weighted by atomic mass is 32.2. The third-order valence-corrected chi connectivity index (χ3v) is 10.1. The van der Waals surface area contributed by atoms with Crippen molar-refractivity contribution in [3.05, 3.63) is 64.7 Å². The summed E-state index contributed by atoms with van der Waals surface area (Å²) in [6.07, 6.45) is 10.3. The summed E-state index contributed by atoms with van der Waals surface area (Å²) in [6.45, 7) is 4.29. The summed E-state index contributed by atoms with van der Waals surface area (Å²) in [5.74, 6) is 0. The van der Waals surface area contributed by atoms with Crippen molar-refractivity contribution >= 4 is 37.3 Å². The van der Waals surface area contributed by atoms with E-state index in [-0.39, 0.29) is 6.04 Å². The van der Waals surface area contributed by atoms with Gasteiger partial charge in [0.2, 0.25) is 10.0 Å². The molecule has 5 rings (SSSR count). The average molecular weight is 525 g/mol. The standard InChI is InChI=1S/C28H36N4O2S2/c1-2-17-32(23-14-15-25-26(19-23)35-28(29)30-25)18-16-20-10-12-22(13-11-20)31-36(33,34)27-9-5-7-21-6-3-4-8-24(21)27/h3-9,16,22-23,31H,2,10-15,17-19H2,1H3,(H2,29,30). The number of fused-ring (bicyclic) bond motifs is 2. The number of nitrogens with two attached hydrogens (primary N) is 1. The second-order valence-electron chi connectivity index (χ2n) is 10.0. The number of anilines is 1. The fourth-order valence-corrected chi connectivity index (χ4v) is 8.15. The predicted octanol–water partition coefficient (Wildman–Crippen LogP) is 5.30. The molecular weight excluding hydrogens is 488 g/mol. The van der Waals surface area contributed by atoms with Crippen molar-refractivity contribution in [2.75, 3.05) is 18.8 Å². The van der Waals surface area contributed by atoms with E-state index in [2.05, 4.69) is 27.6 Å². The van der Waals surface area contributed by atoms with Gasteiger partial charge in [0.1, 0.15) is 0 Å². The Morgan fingerprint density at radius 3 is 2.69 bits per heavy atom. The van der Waals surface area contributed by atoms with Crippen LogP contribution in [0.2, 0.25) is 0 Å². The van der Waals surface area contributed by atoms with Crippen LogP contribution in [0.4, 0.5) is 5.13 Å². The molecule has 1 saturated carbocycles. The van der Waals surface area contributed by atoms with Gasteiger partial charge < -0.3 is 5.73 Å². The van der Waals surface area contributed by atoms with E-state index in [1.807, 2.05) is 36.4 Å². The van der Waals surface area contributed by atoms with Crippen LogP contribution in [0.5, 0.6) is 0 Å². The smallest absolute Gasteiger partial charge is 0.241 e. The quantitative estimate of drug-likeness (QED) is 0.391. The first-order valence-electron chi connectivity index (χ1n) is 13.1. The minimum absolute atomic E-state index is 0.0218. The lowest BCUT2D eigenvalue weighted by Crippen LogP contribution is -2.40. The van der Waals surface area contributed by atoms with Gasteiger partial charge >= 0.3 is 0 Å². The molecule has 1 aromatic heterocycles. The largest absolute Gasteiger partial charge is 0.375 e. The summed E-state index contributed by atoms with van der Waals surface area (Å²) >= 11 is 1.65. The van der Waals surface area contributed by atoms with E-state index in [9.17, 15) is 8.42 Å². The first-order chi connectivity index (χ1) is 17.4. The zero-order valence-electron chi connectivity index (χ0n) is 20.9. The molecule has 3 aromatic rings. The second-order valence-corrected chi connectivity index (χ2v) is 12.8. The molecule has 1 atom stereocenters. The van der Waals surface area contributed by atoms with E-state index < -0.39 is 10.0 Å². The van der Waals surface area contributed by atoms with Crippen molar-refractivity contribution in [1.82, 2.24) is 14.6 Å². The Kier molecular flexibility index (Phi) is 7.76. The van der Waals surface area contributed by atoms with Gasteiger partial charge in [-0.3, -0.25) is 4.90 Å². The fourth-order valence-electron chi connectivity index (χ4n) is 5.67. The molecule has 6 nitrogen and oxygen atoms in total. The van der Waals surface area contributed by atoms with Crippen LogP contribution in [0.25, 0.3) is 10.8 Å². The molecule has 1 fully saturated rings. The summed E-state index contributed by atoms with van der Waals surface area (Å²) in [6, 6.07) is 13.6. The SMILES string of the molecule is CCCN(CC=C1CCC(NS(=O)(=O)c2cccc3ccccc23)CC1)C1CCc2nc(N)sc2C1. The van der Waals surface area contributed by atoms with E-state index in [4.69, 9.17) is 5.73 Å². The normalized spacial score (nSPS) is 20.6. The number of rotatable bonds is 8. The number of benzene rings is 2. The van der Waals surface area contributed by atoms with Crippen LogP contribution in [0.1, 0.15) is 56.0 Å². The molecule has 0 amide bonds. The minimum Gasteiger partial charge on any atom is -0.375 e. The van der Waals surface area contributed by atoms with Gasteiger partial charge in [0, 0.05) is 28.9 Å². The molecule has 1 unspecified atom stereocenters. The van der Waals surface area contributed by atoms with Crippen molar-refractivity contribution in [3.8, 4) is 0 Å². The number of allylic oxidation sites excluding steroid dienone is 1. The van der Waals surface area contributed by atoms with E-state index >= 15 is 0 Å². The van der Waals surface area contributed by atoms with E-state index in [1.54, 1.807) is 17.4 Å². The Morgan fingerprint density at radius 2 is 1.89 bits per heavy atom. The second kappa shape index (κ2) is 11.0. The molecule has 8 heteroatoms. The van der Waals surface area contributed by atoms with Crippen molar-refractivity contribution in [2.24, 2.45) is 0 Å². The average Bonchev–Trinajstić information content (AvgIpc) is 3.26. The molecule has 36 heavy (non-hydrogen) atoms. The van der Waals surface area contributed by atoms with Gasteiger partial charge in [0.25, 0.3) is 0 Å². The Hall–Kier alpha value is -2.26. The Labute approximate surface area is 218 Å². The number of nitrogen functional groups attached to an aromatic ring is 1. The molecule has 0 saturated heterocycles. The zero-order valence-corrected chi connectivity index (χ0v) is 22.6.